The largest absolute Gasteiger partial charge is 0.492 e. The van der Waals surface area contributed by atoms with E-state index in [0.717, 1.165) is 26.9 Å². The molecule has 3 aromatic rings. The first kappa shape index (κ1) is 20.2. The predicted octanol–water partition coefficient (Wildman–Crippen LogP) is 4.87. The van der Waals surface area contributed by atoms with E-state index in [9.17, 15) is 4.79 Å². The average molecular weight is 447 g/mol. The Balaban J connectivity index is 1.82. The number of aromatic nitrogens is 1. The number of carbonyl (C=O) groups excluding carboxylic acids is 1. The number of nitrogens with one attached hydrogen (secondary N) is 1. The number of carbonyl (C=O) groups is 1. The number of oxazole rings is 1. The third kappa shape index (κ3) is 4.65. The van der Waals surface area contributed by atoms with Gasteiger partial charge in [-0.25, -0.2) is 4.98 Å². The molecule has 2 aromatic carbocycles. The lowest BCUT2D eigenvalue weighted by molar-refractivity contribution is -0.119. The molecule has 0 radical (unpaired) electrons. The Morgan fingerprint density at radius 1 is 1.29 bits per heavy atom. The molecule has 0 fully saturated rings. The summed E-state index contributed by atoms with van der Waals surface area (Å²) in [7, 11) is 0. The lowest BCUT2D eigenvalue weighted by Gasteiger charge is -2.13. The van der Waals surface area contributed by atoms with Crippen LogP contribution in [0.25, 0.3) is 22.6 Å². The number of aryl methyl sites for hydroxylation is 1. The van der Waals surface area contributed by atoms with E-state index in [1.54, 1.807) is 0 Å². The summed E-state index contributed by atoms with van der Waals surface area (Å²) in [5.74, 6) is 1.94. The van der Waals surface area contributed by atoms with Gasteiger partial charge in [0.2, 0.25) is 11.8 Å². The number of benzene rings is 2. The summed E-state index contributed by atoms with van der Waals surface area (Å²) in [6.45, 7) is 8.29. The van der Waals surface area contributed by atoms with Crippen LogP contribution in [0.15, 0.2) is 39.2 Å². The van der Waals surface area contributed by atoms with Crippen LogP contribution in [0.2, 0.25) is 0 Å². The fourth-order valence-electron chi connectivity index (χ4n) is 2.91. The predicted molar refractivity (Wildman–Crippen MR) is 112 cm³/mol. The van der Waals surface area contributed by atoms with Gasteiger partial charge in [0, 0.05) is 18.6 Å². The van der Waals surface area contributed by atoms with Gasteiger partial charge < -0.3 is 19.2 Å². The van der Waals surface area contributed by atoms with Crippen molar-refractivity contribution in [3.8, 4) is 23.0 Å². The van der Waals surface area contributed by atoms with Gasteiger partial charge in [-0.05, 0) is 66.5 Å². The monoisotopic (exact) mass is 446 g/mol. The van der Waals surface area contributed by atoms with E-state index in [2.05, 4.69) is 26.2 Å². The van der Waals surface area contributed by atoms with Crippen molar-refractivity contribution < 1.29 is 18.7 Å². The molecule has 1 amide bonds. The van der Waals surface area contributed by atoms with Gasteiger partial charge in [0.1, 0.15) is 23.6 Å². The summed E-state index contributed by atoms with van der Waals surface area (Å²) in [4.78, 5) is 15.7. The molecule has 1 heterocycles. The van der Waals surface area contributed by atoms with E-state index in [4.69, 9.17) is 13.9 Å². The number of amides is 1. The second-order valence-electron chi connectivity index (χ2n) is 6.60. The van der Waals surface area contributed by atoms with Gasteiger partial charge in [0.25, 0.3) is 0 Å². The Kier molecular flexibility index (Phi) is 6.24. The number of ether oxygens (including phenoxy) is 2. The van der Waals surface area contributed by atoms with Crippen LogP contribution in [0.3, 0.4) is 0 Å². The van der Waals surface area contributed by atoms with E-state index in [-0.39, 0.29) is 11.9 Å². The van der Waals surface area contributed by atoms with Crippen LogP contribution in [0.1, 0.15) is 26.3 Å². The standard InChI is InChI=1S/C21H23BrN2O4/c1-5-26-20-12(2)8-15(9-17(20)22)21-24-18-7-6-16(10-19(18)28-21)27-11-13(3)23-14(4)25/h6-10,13H,5,11H2,1-4H3,(H,23,25)/t13-/m0/s1. The lowest BCUT2D eigenvalue weighted by atomic mass is 10.1. The zero-order valence-electron chi connectivity index (χ0n) is 16.3. The number of nitrogens with zero attached hydrogens (tertiary/aromatic N) is 1. The molecule has 0 aliphatic carbocycles. The average Bonchev–Trinajstić information content (AvgIpc) is 3.05. The first-order chi connectivity index (χ1) is 13.4. The number of hydrogen-bond donors (Lipinski definition) is 1. The maximum Gasteiger partial charge on any atom is 0.227 e. The van der Waals surface area contributed by atoms with Crippen LogP contribution in [0, 0.1) is 6.92 Å². The molecule has 3 rings (SSSR count). The normalized spacial score (nSPS) is 12.0. The number of rotatable bonds is 7. The van der Waals surface area contributed by atoms with Gasteiger partial charge in [-0.15, -0.1) is 0 Å². The maximum atomic E-state index is 11.1. The molecule has 0 aliphatic rings. The van der Waals surface area contributed by atoms with Gasteiger partial charge in [0.15, 0.2) is 5.58 Å². The van der Waals surface area contributed by atoms with Gasteiger partial charge in [0.05, 0.1) is 17.1 Å². The zero-order chi connectivity index (χ0) is 20.3. The third-order valence-corrected chi connectivity index (χ3v) is 4.66. The van der Waals surface area contributed by atoms with Crippen LogP contribution in [-0.4, -0.2) is 30.1 Å². The van der Waals surface area contributed by atoms with Crippen LogP contribution >= 0.6 is 15.9 Å². The molecule has 7 heteroatoms. The summed E-state index contributed by atoms with van der Waals surface area (Å²) in [6.07, 6.45) is 0. The maximum absolute atomic E-state index is 11.1. The third-order valence-electron chi connectivity index (χ3n) is 4.07. The number of fused-ring (bicyclic) bond motifs is 1. The smallest absolute Gasteiger partial charge is 0.227 e. The molecular weight excluding hydrogens is 424 g/mol. The van der Waals surface area contributed by atoms with Crippen LogP contribution < -0.4 is 14.8 Å². The Morgan fingerprint density at radius 2 is 2.07 bits per heavy atom. The summed E-state index contributed by atoms with van der Waals surface area (Å²) in [5, 5.41) is 2.79. The first-order valence-corrected chi connectivity index (χ1v) is 9.90. The SMILES string of the molecule is CCOc1c(C)cc(-c2nc3ccc(OC[C@H](C)NC(C)=O)cc3o2)cc1Br. The Labute approximate surface area is 172 Å². The van der Waals surface area contributed by atoms with Gasteiger partial charge in [-0.2, -0.15) is 0 Å². The highest BCUT2D eigenvalue weighted by Gasteiger charge is 2.14. The number of halogens is 1. The highest BCUT2D eigenvalue weighted by Crippen LogP contribution is 2.35. The molecular formula is C21H23BrN2O4. The Bertz CT molecular complexity index is 976. The van der Waals surface area contributed by atoms with Crippen LogP contribution in [0.4, 0.5) is 0 Å². The Morgan fingerprint density at radius 3 is 2.75 bits per heavy atom. The van der Waals surface area contributed by atoms with Crippen molar-refractivity contribution in [2.24, 2.45) is 0 Å². The van der Waals surface area contributed by atoms with Crippen molar-refractivity contribution in [1.29, 1.82) is 0 Å². The van der Waals surface area contributed by atoms with E-state index in [0.29, 0.717) is 30.4 Å². The summed E-state index contributed by atoms with van der Waals surface area (Å²) in [5.41, 5.74) is 3.26. The van der Waals surface area contributed by atoms with Crippen LogP contribution in [-0.2, 0) is 4.79 Å². The fraction of sp³-hybridized carbons (Fsp3) is 0.333. The van der Waals surface area contributed by atoms with Gasteiger partial charge in [-0.1, -0.05) is 0 Å². The minimum absolute atomic E-state index is 0.0803. The highest BCUT2D eigenvalue weighted by atomic mass is 79.9. The highest BCUT2D eigenvalue weighted by molar-refractivity contribution is 9.10. The summed E-state index contributed by atoms with van der Waals surface area (Å²) < 4.78 is 18.2. The minimum atomic E-state index is -0.0809. The van der Waals surface area contributed by atoms with Crippen molar-refractivity contribution in [2.45, 2.75) is 33.7 Å². The molecule has 0 unspecified atom stereocenters. The molecule has 0 saturated heterocycles. The van der Waals surface area contributed by atoms with Gasteiger partial charge in [-0.3, -0.25) is 4.79 Å². The zero-order valence-corrected chi connectivity index (χ0v) is 17.9. The van der Waals surface area contributed by atoms with Crippen molar-refractivity contribution in [3.63, 3.8) is 0 Å². The summed E-state index contributed by atoms with van der Waals surface area (Å²) in [6, 6.07) is 9.36. The molecule has 0 aliphatic heterocycles. The molecule has 0 bridgehead atoms. The van der Waals surface area contributed by atoms with Crippen LogP contribution in [0.5, 0.6) is 11.5 Å². The van der Waals surface area contributed by atoms with Crippen molar-refractivity contribution in [3.05, 3.63) is 40.4 Å². The van der Waals surface area contributed by atoms with E-state index in [1.165, 1.54) is 6.92 Å². The van der Waals surface area contributed by atoms with E-state index < -0.39 is 0 Å². The molecule has 0 spiro atoms. The molecule has 148 valence electrons. The molecule has 1 atom stereocenters. The first-order valence-electron chi connectivity index (χ1n) is 9.11. The van der Waals surface area contributed by atoms with Crippen molar-refractivity contribution in [1.82, 2.24) is 10.3 Å². The molecule has 28 heavy (non-hydrogen) atoms. The quantitative estimate of drug-likeness (QED) is 0.560. The molecule has 6 nitrogen and oxygen atoms in total. The number of hydrogen-bond acceptors (Lipinski definition) is 5. The fourth-order valence-corrected chi connectivity index (χ4v) is 3.58. The molecule has 1 N–H and O–H groups in total. The topological polar surface area (TPSA) is 73.6 Å². The Hall–Kier alpha value is -2.54. The van der Waals surface area contributed by atoms with E-state index in [1.807, 2.05) is 51.1 Å². The van der Waals surface area contributed by atoms with E-state index >= 15 is 0 Å². The summed E-state index contributed by atoms with van der Waals surface area (Å²) >= 11 is 3.56. The van der Waals surface area contributed by atoms with Crippen molar-refractivity contribution >= 4 is 32.9 Å². The molecule has 0 saturated carbocycles. The van der Waals surface area contributed by atoms with Gasteiger partial charge >= 0.3 is 0 Å². The van der Waals surface area contributed by atoms with Crippen molar-refractivity contribution in [2.75, 3.05) is 13.2 Å². The minimum Gasteiger partial charge on any atom is -0.492 e. The molecule has 1 aromatic heterocycles. The second kappa shape index (κ2) is 8.65. The second-order valence-corrected chi connectivity index (χ2v) is 7.45. The lowest BCUT2D eigenvalue weighted by Crippen LogP contribution is -2.35.